The number of allylic oxidation sites excluding steroid dienone is 4. The molecule has 0 spiro atoms. The molecule has 0 N–H and O–H groups in total. The van der Waals surface area contributed by atoms with Crippen molar-refractivity contribution < 1.29 is 0 Å². The van der Waals surface area contributed by atoms with E-state index < -0.39 is 0 Å². The van der Waals surface area contributed by atoms with Crippen molar-refractivity contribution in [1.82, 2.24) is 4.57 Å². The first kappa shape index (κ1) is 41.3. The third-order valence-corrected chi connectivity index (χ3v) is 14.4. The maximum atomic E-state index is 2.55. The van der Waals surface area contributed by atoms with Crippen LogP contribution < -0.4 is 20.7 Å². The number of para-hydroxylation sites is 2. The first-order chi connectivity index (χ1) is 34.7. The summed E-state index contributed by atoms with van der Waals surface area (Å²) in [4.78, 5) is 5.08. The SMILES string of the molecule is CC1=C(/C=C\Cc2ccccc2)B2c3ccc(-c4ccccc4)cc3N(c3ccc(-c4ccccc4)cc3)c3cc(-n4c5ccccc5c5ccccc54)cc(c32)N1c1ccc(-c2ccccc2)cc1. The number of benzene rings is 10. The molecule has 0 amide bonds. The summed E-state index contributed by atoms with van der Waals surface area (Å²) in [5, 5.41) is 2.48. The minimum atomic E-state index is -0.0521. The smallest absolute Gasteiger partial charge is 0.251 e. The zero-order chi connectivity index (χ0) is 46.5. The summed E-state index contributed by atoms with van der Waals surface area (Å²) in [6.07, 6.45) is 5.63. The molecule has 70 heavy (non-hydrogen) atoms. The predicted octanol–water partition coefficient (Wildman–Crippen LogP) is 15.9. The molecule has 0 bridgehead atoms. The Morgan fingerprint density at radius 3 is 1.39 bits per heavy atom. The molecule has 11 aromatic rings. The van der Waals surface area contributed by atoms with E-state index >= 15 is 0 Å². The van der Waals surface area contributed by atoms with Crippen molar-refractivity contribution in [2.24, 2.45) is 0 Å². The average molecular weight is 894 g/mol. The number of fused-ring (bicyclic) bond motifs is 5. The minimum Gasteiger partial charge on any atom is -0.315 e. The van der Waals surface area contributed by atoms with Crippen molar-refractivity contribution in [3.05, 3.63) is 278 Å². The summed E-state index contributed by atoms with van der Waals surface area (Å²) in [7, 11) is 0. The van der Waals surface area contributed by atoms with Crippen LogP contribution in [0.25, 0.3) is 60.9 Å². The highest BCUT2D eigenvalue weighted by Gasteiger charge is 2.43. The molecule has 2 aliphatic rings. The highest BCUT2D eigenvalue weighted by Crippen LogP contribution is 2.48. The Morgan fingerprint density at radius 2 is 0.829 bits per heavy atom. The van der Waals surface area contributed by atoms with Gasteiger partial charge in [0.25, 0.3) is 6.71 Å². The van der Waals surface area contributed by atoms with Crippen LogP contribution in [0.3, 0.4) is 0 Å². The van der Waals surface area contributed by atoms with Crippen LogP contribution in [0.4, 0.5) is 28.4 Å². The molecule has 1 aromatic heterocycles. The third-order valence-electron chi connectivity index (χ3n) is 14.4. The fourth-order valence-electron chi connectivity index (χ4n) is 11.2. The molecule has 3 heterocycles. The highest BCUT2D eigenvalue weighted by atomic mass is 15.2. The van der Waals surface area contributed by atoms with Gasteiger partial charge in [0.05, 0.1) is 16.7 Å². The van der Waals surface area contributed by atoms with E-state index in [0.29, 0.717) is 0 Å². The number of rotatable bonds is 9. The van der Waals surface area contributed by atoms with Crippen LogP contribution in [0.15, 0.2) is 272 Å². The molecule has 10 aromatic carbocycles. The molecule has 0 fully saturated rings. The van der Waals surface area contributed by atoms with Crippen molar-refractivity contribution in [3.8, 4) is 39.1 Å². The maximum absolute atomic E-state index is 2.55. The summed E-state index contributed by atoms with van der Waals surface area (Å²) in [6.45, 7) is 2.28. The topological polar surface area (TPSA) is 11.4 Å². The lowest BCUT2D eigenvalue weighted by Crippen LogP contribution is -2.55. The Hall–Kier alpha value is -8.86. The number of hydrogen-bond acceptors (Lipinski definition) is 2. The van der Waals surface area contributed by atoms with E-state index in [2.05, 4.69) is 282 Å². The minimum absolute atomic E-state index is 0.0521. The van der Waals surface area contributed by atoms with Gasteiger partial charge < -0.3 is 14.4 Å². The maximum Gasteiger partial charge on any atom is 0.251 e. The van der Waals surface area contributed by atoms with Gasteiger partial charge >= 0.3 is 0 Å². The van der Waals surface area contributed by atoms with Crippen molar-refractivity contribution in [2.45, 2.75) is 13.3 Å². The monoisotopic (exact) mass is 893 g/mol. The predicted molar refractivity (Wildman–Crippen MR) is 297 cm³/mol. The van der Waals surface area contributed by atoms with Crippen LogP contribution in [0.5, 0.6) is 0 Å². The Morgan fingerprint density at radius 1 is 0.386 bits per heavy atom. The van der Waals surface area contributed by atoms with Gasteiger partial charge in [0.2, 0.25) is 0 Å². The van der Waals surface area contributed by atoms with Gasteiger partial charge in [-0.25, -0.2) is 0 Å². The van der Waals surface area contributed by atoms with Crippen LogP contribution in [0.1, 0.15) is 12.5 Å². The van der Waals surface area contributed by atoms with Crippen molar-refractivity contribution in [1.29, 1.82) is 0 Å². The Bertz CT molecular complexity index is 3730. The molecule has 0 saturated heterocycles. The molecule has 0 atom stereocenters. The van der Waals surface area contributed by atoms with Gasteiger partial charge in [-0.05, 0) is 123 Å². The van der Waals surface area contributed by atoms with Gasteiger partial charge in [0, 0.05) is 44.9 Å². The second-order valence-corrected chi connectivity index (χ2v) is 18.5. The first-order valence-electron chi connectivity index (χ1n) is 24.3. The van der Waals surface area contributed by atoms with E-state index in [1.165, 1.54) is 94.2 Å². The fraction of sp³-hybridized carbons (Fsp3) is 0.0303. The number of anilines is 5. The Labute approximate surface area is 410 Å². The van der Waals surface area contributed by atoms with E-state index in [0.717, 1.165) is 29.2 Å². The molecule has 13 rings (SSSR count). The summed E-state index contributed by atoms with van der Waals surface area (Å²) in [5.74, 6) is 0. The lowest BCUT2D eigenvalue weighted by Gasteiger charge is -2.44. The van der Waals surface area contributed by atoms with Crippen molar-refractivity contribution in [2.75, 3.05) is 9.80 Å². The summed E-state index contributed by atoms with van der Waals surface area (Å²) in [6, 6.07) is 91.2. The molecule has 0 unspecified atom stereocenters. The van der Waals surface area contributed by atoms with Gasteiger partial charge in [-0.1, -0.05) is 206 Å². The second kappa shape index (κ2) is 17.3. The standard InChI is InChI=1S/C66H48BN3/c1-46-59(30-18-21-47-19-6-2-7-20-47)67-60-42-37-53(50-26-12-5-13-27-50)43-63(60)69(55-40-35-52(36-41-55)49-24-10-4-11-25-49)65-45-56(70-61-31-16-14-28-57(61)58-29-15-17-32-62(58)70)44-64(66(65)67)68(46)54-38-33-51(34-39-54)48-22-8-3-9-23-48/h2-20,22-45H,21H2,1H3/b30-18-. The zero-order valence-electron chi connectivity index (χ0n) is 39.0. The molecule has 3 nitrogen and oxygen atoms in total. The lowest BCUT2D eigenvalue weighted by molar-refractivity contribution is 1.11. The van der Waals surface area contributed by atoms with Crippen LogP contribution >= 0.6 is 0 Å². The summed E-state index contributed by atoms with van der Waals surface area (Å²) < 4.78 is 2.48. The number of hydrogen-bond donors (Lipinski definition) is 0. The van der Waals surface area contributed by atoms with Crippen molar-refractivity contribution in [3.63, 3.8) is 0 Å². The van der Waals surface area contributed by atoms with Crippen LogP contribution in [0, 0.1) is 0 Å². The molecule has 2 aliphatic heterocycles. The van der Waals surface area contributed by atoms with Crippen LogP contribution in [-0.2, 0) is 6.42 Å². The van der Waals surface area contributed by atoms with Gasteiger partial charge in [-0.15, -0.1) is 0 Å². The van der Waals surface area contributed by atoms with Crippen LogP contribution in [0.2, 0.25) is 0 Å². The Kier molecular flexibility index (Phi) is 10.2. The van der Waals surface area contributed by atoms with Crippen molar-refractivity contribution >= 4 is 67.9 Å². The molecule has 0 saturated carbocycles. The van der Waals surface area contributed by atoms with E-state index in [4.69, 9.17) is 0 Å². The summed E-state index contributed by atoms with van der Waals surface area (Å²) >= 11 is 0. The van der Waals surface area contributed by atoms with Crippen LogP contribution in [-0.4, -0.2) is 11.3 Å². The lowest BCUT2D eigenvalue weighted by atomic mass is 9.33. The number of aromatic nitrogens is 1. The van der Waals surface area contributed by atoms with Gasteiger partial charge in [-0.2, -0.15) is 0 Å². The van der Waals surface area contributed by atoms with E-state index in [9.17, 15) is 0 Å². The fourth-order valence-corrected chi connectivity index (χ4v) is 11.2. The van der Waals surface area contributed by atoms with Gasteiger partial charge in [0.1, 0.15) is 0 Å². The zero-order valence-corrected chi connectivity index (χ0v) is 39.0. The largest absolute Gasteiger partial charge is 0.315 e. The molecule has 4 heteroatoms. The molecule has 0 aliphatic carbocycles. The third kappa shape index (κ3) is 7.07. The summed E-state index contributed by atoms with van der Waals surface area (Å²) in [5.41, 5.74) is 22.7. The normalized spacial score (nSPS) is 13.1. The molecule has 330 valence electrons. The first-order valence-corrected chi connectivity index (χ1v) is 24.3. The molecule has 0 radical (unpaired) electrons. The van der Waals surface area contributed by atoms with Gasteiger partial charge in [-0.3, -0.25) is 0 Å². The Balaban J connectivity index is 1.11. The van der Waals surface area contributed by atoms with E-state index in [-0.39, 0.29) is 6.71 Å². The van der Waals surface area contributed by atoms with Gasteiger partial charge in [0.15, 0.2) is 0 Å². The number of nitrogens with zero attached hydrogens (tertiary/aromatic N) is 3. The highest BCUT2D eigenvalue weighted by molar-refractivity contribution is 6.95. The molecular weight excluding hydrogens is 846 g/mol. The average Bonchev–Trinajstić information content (AvgIpc) is 3.77. The quantitative estimate of drug-likeness (QED) is 0.134. The van der Waals surface area contributed by atoms with E-state index in [1.807, 2.05) is 0 Å². The second-order valence-electron chi connectivity index (χ2n) is 18.5. The van der Waals surface area contributed by atoms with E-state index in [1.54, 1.807) is 0 Å². The molecular formula is C66H48BN3.